The average Bonchev–Trinajstić information content (AvgIpc) is 2.89. The van der Waals surface area contributed by atoms with Crippen molar-refractivity contribution in [2.45, 2.75) is 58.7 Å². The third-order valence-electron chi connectivity index (χ3n) is 3.78. The highest BCUT2D eigenvalue weighted by Gasteiger charge is 2.43. The minimum atomic E-state index is -0.413. The van der Waals surface area contributed by atoms with Crippen molar-refractivity contribution in [2.75, 3.05) is 0 Å². The van der Waals surface area contributed by atoms with Crippen LogP contribution in [0.25, 0.3) is 0 Å². The smallest absolute Gasteiger partial charge is 0.401 e. The van der Waals surface area contributed by atoms with Gasteiger partial charge in [0.2, 0.25) is 0 Å². The van der Waals surface area contributed by atoms with Crippen LogP contribution < -0.4 is 5.46 Å². The summed E-state index contributed by atoms with van der Waals surface area (Å²) in [6.45, 7) is 6.39. The topological polar surface area (TPSA) is 35.5 Å². The van der Waals surface area contributed by atoms with Crippen molar-refractivity contribution < 1.29 is 14.1 Å². The van der Waals surface area contributed by atoms with E-state index in [2.05, 4.69) is 20.8 Å². The van der Waals surface area contributed by atoms with E-state index >= 15 is 0 Å². The lowest BCUT2D eigenvalue weighted by Gasteiger charge is -2.18. The van der Waals surface area contributed by atoms with Gasteiger partial charge in [0.1, 0.15) is 6.10 Å². The number of hydrogen-bond donors (Lipinski definition) is 0. The third-order valence-corrected chi connectivity index (χ3v) is 3.78. The predicted octanol–water partition coefficient (Wildman–Crippen LogP) is 2.97. The molecule has 1 saturated heterocycles. The van der Waals surface area contributed by atoms with E-state index in [0.29, 0.717) is 12.3 Å². The van der Waals surface area contributed by atoms with Crippen molar-refractivity contribution >= 4 is 18.4 Å². The Labute approximate surface area is 128 Å². The van der Waals surface area contributed by atoms with Crippen molar-refractivity contribution in [3.05, 3.63) is 30.3 Å². The van der Waals surface area contributed by atoms with Crippen molar-refractivity contribution in [1.82, 2.24) is 0 Å². The molecule has 2 rings (SSSR count). The first-order chi connectivity index (χ1) is 10.1. The highest BCUT2D eigenvalue weighted by Crippen LogP contribution is 2.24. The summed E-state index contributed by atoms with van der Waals surface area (Å²) in [4.78, 5) is 12.4. The number of carbonyl (C=O) groups excluding carboxylic acids is 1. The fourth-order valence-corrected chi connectivity index (χ4v) is 2.67. The first-order valence-electron chi connectivity index (χ1n) is 8.00. The molecule has 2 atom stereocenters. The number of carbonyl (C=O) groups is 1. The second kappa shape index (κ2) is 7.76. The minimum absolute atomic E-state index is 0.125. The van der Waals surface area contributed by atoms with Gasteiger partial charge in [-0.2, -0.15) is 0 Å². The lowest BCUT2D eigenvalue weighted by atomic mass is 9.79. The number of unbranched alkanes of at least 4 members (excludes halogenated alkanes) is 1. The van der Waals surface area contributed by atoms with Crippen molar-refractivity contribution in [3.8, 4) is 0 Å². The number of hydrogen-bond acceptors (Lipinski definition) is 3. The quantitative estimate of drug-likeness (QED) is 0.724. The monoisotopic (exact) mass is 288 g/mol. The van der Waals surface area contributed by atoms with E-state index in [1.807, 2.05) is 30.3 Å². The molecule has 1 aromatic carbocycles. The largest absolute Gasteiger partial charge is 0.494 e. The van der Waals surface area contributed by atoms with E-state index in [9.17, 15) is 4.79 Å². The summed E-state index contributed by atoms with van der Waals surface area (Å²) in [6.07, 6.45) is 2.84. The number of Topliss-reactive ketones (excluding diaryl/α,β-unsaturated/α-hetero) is 1. The van der Waals surface area contributed by atoms with Gasteiger partial charge in [-0.15, -0.1) is 0 Å². The maximum absolute atomic E-state index is 12.4. The highest BCUT2D eigenvalue weighted by atomic mass is 16.7. The molecule has 0 amide bonds. The van der Waals surface area contributed by atoms with Crippen LogP contribution in [0.2, 0.25) is 0 Å². The summed E-state index contributed by atoms with van der Waals surface area (Å²) in [5, 5.41) is 0. The SMILES string of the molecule is CCCCC(=O)[C@H]1OB(c2ccccc2)O[C@@H]1CC(C)C. The van der Waals surface area contributed by atoms with E-state index in [0.717, 1.165) is 24.7 Å². The number of ketones is 1. The summed E-state index contributed by atoms with van der Waals surface area (Å²) in [6, 6.07) is 9.86. The number of benzene rings is 1. The Kier molecular flexibility index (Phi) is 6.01. The van der Waals surface area contributed by atoms with Gasteiger partial charge < -0.3 is 9.31 Å². The summed E-state index contributed by atoms with van der Waals surface area (Å²) in [7, 11) is -0.412. The maximum atomic E-state index is 12.4. The molecular weight excluding hydrogens is 263 g/mol. The molecule has 1 aromatic rings. The first-order valence-corrected chi connectivity index (χ1v) is 8.00. The van der Waals surface area contributed by atoms with Gasteiger partial charge in [0.25, 0.3) is 0 Å². The van der Waals surface area contributed by atoms with Gasteiger partial charge >= 0.3 is 7.12 Å². The highest BCUT2D eigenvalue weighted by molar-refractivity contribution is 6.62. The molecule has 114 valence electrons. The molecule has 21 heavy (non-hydrogen) atoms. The maximum Gasteiger partial charge on any atom is 0.494 e. The molecule has 0 saturated carbocycles. The molecule has 0 spiro atoms. The van der Waals surface area contributed by atoms with E-state index in [1.54, 1.807) is 0 Å². The molecule has 0 unspecified atom stereocenters. The fourth-order valence-electron chi connectivity index (χ4n) is 2.67. The molecule has 1 aliphatic heterocycles. The Morgan fingerprint density at radius 3 is 2.57 bits per heavy atom. The van der Waals surface area contributed by atoms with Crippen LogP contribution in [-0.2, 0) is 14.1 Å². The van der Waals surface area contributed by atoms with Crippen LogP contribution in [0, 0.1) is 5.92 Å². The van der Waals surface area contributed by atoms with Gasteiger partial charge in [-0.25, -0.2) is 0 Å². The minimum Gasteiger partial charge on any atom is -0.401 e. The normalized spacial score (nSPS) is 22.0. The number of rotatable bonds is 7. The third kappa shape index (κ3) is 4.42. The predicted molar refractivity (Wildman–Crippen MR) is 85.6 cm³/mol. The molecule has 0 aliphatic carbocycles. The van der Waals surface area contributed by atoms with Crippen LogP contribution in [0.3, 0.4) is 0 Å². The zero-order valence-corrected chi connectivity index (χ0v) is 13.2. The zero-order chi connectivity index (χ0) is 15.2. The standard InChI is InChI=1S/C17H25BO3/c1-4-5-11-15(19)17-16(12-13(2)3)20-18(21-17)14-9-7-6-8-10-14/h6-10,13,16-17H,4-5,11-12H2,1-3H3/t16-,17-/m1/s1. The summed E-state index contributed by atoms with van der Waals surface area (Å²) in [5.41, 5.74) is 0.983. The van der Waals surface area contributed by atoms with Crippen molar-refractivity contribution in [3.63, 3.8) is 0 Å². The average molecular weight is 288 g/mol. The Morgan fingerprint density at radius 1 is 1.24 bits per heavy atom. The lowest BCUT2D eigenvalue weighted by molar-refractivity contribution is -0.127. The molecule has 0 aromatic heterocycles. The molecule has 1 heterocycles. The molecule has 0 N–H and O–H groups in total. The second-order valence-corrected chi connectivity index (χ2v) is 6.17. The molecule has 3 nitrogen and oxygen atoms in total. The Bertz CT molecular complexity index is 447. The van der Waals surface area contributed by atoms with Gasteiger partial charge in [-0.3, -0.25) is 4.79 Å². The van der Waals surface area contributed by atoms with Crippen LogP contribution in [0.4, 0.5) is 0 Å². The van der Waals surface area contributed by atoms with Gasteiger partial charge in [0.15, 0.2) is 5.78 Å². The first kappa shape index (κ1) is 16.2. The molecule has 0 radical (unpaired) electrons. The summed E-state index contributed by atoms with van der Waals surface area (Å²) in [5.74, 6) is 0.663. The molecule has 1 aliphatic rings. The van der Waals surface area contributed by atoms with Gasteiger partial charge in [-0.1, -0.05) is 57.5 Å². The molecular formula is C17H25BO3. The second-order valence-electron chi connectivity index (χ2n) is 6.17. The van der Waals surface area contributed by atoms with Crippen molar-refractivity contribution in [2.24, 2.45) is 5.92 Å². The van der Waals surface area contributed by atoms with E-state index < -0.39 is 13.2 Å². The van der Waals surface area contributed by atoms with Crippen LogP contribution >= 0.6 is 0 Å². The van der Waals surface area contributed by atoms with E-state index in [1.165, 1.54) is 0 Å². The van der Waals surface area contributed by atoms with Crippen LogP contribution in [0.1, 0.15) is 46.5 Å². The summed E-state index contributed by atoms with van der Waals surface area (Å²) < 4.78 is 12.0. The molecule has 4 heteroatoms. The Morgan fingerprint density at radius 2 is 1.95 bits per heavy atom. The van der Waals surface area contributed by atoms with Gasteiger partial charge in [0, 0.05) is 6.42 Å². The van der Waals surface area contributed by atoms with Gasteiger partial charge in [-0.05, 0) is 24.2 Å². The van der Waals surface area contributed by atoms with Gasteiger partial charge in [0.05, 0.1) is 6.10 Å². The molecule has 0 bridgehead atoms. The lowest BCUT2D eigenvalue weighted by Crippen LogP contribution is -2.34. The van der Waals surface area contributed by atoms with Crippen LogP contribution in [0.5, 0.6) is 0 Å². The fraction of sp³-hybridized carbons (Fsp3) is 0.588. The van der Waals surface area contributed by atoms with E-state index in [4.69, 9.17) is 9.31 Å². The van der Waals surface area contributed by atoms with Crippen molar-refractivity contribution in [1.29, 1.82) is 0 Å². The Hall–Kier alpha value is -1.13. The Balaban J connectivity index is 2.07. The van der Waals surface area contributed by atoms with Crippen LogP contribution in [0.15, 0.2) is 30.3 Å². The van der Waals surface area contributed by atoms with E-state index in [-0.39, 0.29) is 11.9 Å². The molecule has 1 fully saturated rings. The zero-order valence-electron chi connectivity index (χ0n) is 13.2. The summed E-state index contributed by atoms with van der Waals surface area (Å²) >= 11 is 0. The van der Waals surface area contributed by atoms with Crippen LogP contribution in [-0.4, -0.2) is 25.1 Å².